The highest BCUT2D eigenvalue weighted by Crippen LogP contribution is 2.35. The summed E-state index contributed by atoms with van der Waals surface area (Å²) >= 11 is 7.07. The molecule has 5 heteroatoms. The van der Waals surface area contributed by atoms with E-state index < -0.39 is 0 Å². The van der Waals surface area contributed by atoms with Gasteiger partial charge in [-0.25, -0.2) is 0 Å². The molecule has 25 heavy (non-hydrogen) atoms. The zero-order chi connectivity index (χ0) is 17.6. The summed E-state index contributed by atoms with van der Waals surface area (Å²) in [6.07, 6.45) is 0. The molecule has 1 aromatic heterocycles. The van der Waals surface area contributed by atoms with Crippen molar-refractivity contribution in [1.29, 1.82) is 0 Å². The summed E-state index contributed by atoms with van der Waals surface area (Å²) in [6.45, 7) is 2.00. The van der Waals surface area contributed by atoms with Crippen molar-refractivity contribution in [1.82, 2.24) is 4.98 Å². The lowest BCUT2D eigenvalue weighted by Crippen LogP contribution is -2.12. The number of hydrogen-bond acceptors (Lipinski definition) is 1. The van der Waals surface area contributed by atoms with Crippen molar-refractivity contribution in [2.75, 3.05) is 5.32 Å². The van der Waals surface area contributed by atoms with Crippen molar-refractivity contribution < 1.29 is 4.79 Å². The number of aryl methyl sites for hydroxylation is 1. The van der Waals surface area contributed by atoms with Gasteiger partial charge in [0.25, 0.3) is 5.91 Å². The number of benzene rings is 3. The van der Waals surface area contributed by atoms with Gasteiger partial charge in [-0.15, -0.1) is 0 Å². The summed E-state index contributed by atoms with van der Waals surface area (Å²) < 4.78 is 1.94. The zero-order valence-corrected chi connectivity index (χ0v) is 16.5. The number of carbonyl (C=O) groups excluding carboxylic acids is 1. The minimum Gasteiger partial charge on any atom is -0.353 e. The predicted octanol–water partition coefficient (Wildman–Crippen LogP) is 6.41. The quantitative estimate of drug-likeness (QED) is 0.359. The highest BCUT2D eigenvalue weighted by Gasteiger charge is 2.13. The molecule has 3 aromatic carbocycles. The van der Waals surface area contributed by atoms with E-state index in [4.69, 9.17) is 0 Å². The molecule has 3 nitrogen and oxygen atoms in total. The number of amides is 1. The van der Waals surface area contributed by atoms with E-state index in [2.05, 4.69) is 54.3 Å². The summed E-state index contributed by atoms with van der Waals surface area (Å²) in [5.41, 5.74) is 4.46. The van der Waals surface area contributed by atoms with Crippen LogP contribution in [0.3, 0.4) is 0 Å². The lowest BCUT2D eigenvalue weighted by atomic mass is 10.1. The minimum absolute atomic E-state index is 0.126. The van der Waals surface area contributed by atoms with Gasteiger partial charge in [-0.1, -0.05) is 49.6 Å². The molecule has 1 amide bonds. The first kappa shape index (κ1) is 16.4. The van der Waals surface area contributed by atoms with E-state index in [0.29, 0.717) is 5.56 Å². The van der Waals surface area contributed by atoms with Gasteiger partial charge >= 0.3 is 0 Å². The average Bonchev–Trinajstić information content (AvgIpc) is 2.93. The fraction of sp³-hybridized carbons (Fsp3) is 0.0500. The van der Waals surface area contributed by atoms with Crippen molar-refractivity contribution in [3.63, 3.8) is 0 Å². The number of aromatic nitrogens is 1. The lowest BCUT2D eigenvalue weighted by molar-refractivity contribution is 0.102. The van der Waals surface area contributed by atoms with E-state index in [0.717, 1.165) is 42.0 Å². The van der Waals surface area contributed by atoms with E-state index in [1.54, 1.807) is 0 Å². The molecular formula is C20H14Br2N2O. The van der Waals surface area contributed by atoms with Crippen LogP contribution in [0.25, 0.3) is 21.8 Å². The van der Waals surface area contributed by atoms with Crippen LogP contribution in [0.5, 0.6) is 0 Å². The first-order valence-corrected chi connectivity index (χ1v) is 9.38. The van der Waals surface area contributed by atoms with Gasteiger partial charge in [0.1, 0.15) is 0 Å². The number of carbonyl (C=O) groups is 1. The second-order valence-corrected chi connectivity index (χ2v) is 7.84. The van der Waals surface area contributed by atoms with Crippen LogP contribution in [-0.2, 0) is 0 Å². The molecular weight excluding hydrogens is 444 g/mol. The summed E-state index contributed by atoms with van der Waals surface area (Å²) in [4.78, 5) is 16.0. The normalized spacial score (nSPS) is 11.2. The molecule has 1 heterocycles. The fourth-order valence-electron chi connectivity index (χ4n) is 2.93. The van der Waals surface area contributed by atoms with Gasteiger partial charge in [-0.2, -0.15) is 0 Å². The first-order valence-electron chi connectivity index (χ1n) is 7.80. The van der Waals surface area contributed by atoms with Gasteiger partial charge in [0.2, 0.25) is 0 Å². The number of rotatable bonds is 2. The Labute approximate surface area is 161 Å². The second kappa shape index (κ2) is 6.32. The van der Waals surface area contributed by atoms with E-state index in [9.17, 15) is 4.79 Å². The fourth-order valence-corrected chi connectivity index (χ4v) is 3.75. The second-order valence-electron chi connectivity index (χ2n) is 6.01. The van der Waals surface area contributed by atoms with Crippen LogP contribution in [0.1, 0.15) is 15.9 Å². The minimum atomic E-state index is -0.126. The van der Waals surface area contributed by atoms with E-state index in [1.165, 1.54) is 0 Å². The van der Waals surface area contributed by atoms with Gasteiger partial charge in [0, 0.05) is 30.8 Å². The van der Waals surface area contributed by atoms with Crippen molar-refractivity contribution in [2.45, 2.75) is 6.92 Å². The topological polar surface area (TPSA) is 44.9 Å². The average molecular weight is 458 g/mol. The van der Waals surface area contributed by atoms with Gasteiger partial charge < -0.3 is 10.3 Å². The Morgan fingerprint density at radius 3 is 2.40 bits per heavy atom. The molecule has 0 aliphatic carbocycles. The number of anilines is 1. The van der Waals surface area contributed by atoms with Crippen LogP contribution < -0.4 is 5.32 Å². The van der Waals surface area contributed by atoms with Crippen LogP contribution >= 0.6 is 31.9 Å². The van der Waals surface area contributed by atoms with Crippen LogP contribution in [0.15, 0.2) is 63.5 Å². The van der Waals surface area contributed by atoms with E-state index in [1.807, 2.05) is 49.4 Å². The molecule has 2 N–H and O–H groups in total. The molecule has 0 atom stereocenters. The molecule has 0 radical (unpaired) electrons. The molecule has 0 bridgehead atoms. The Bertz CT molecular complexity index is 1110. The summed E-state index contributed by atoms with van der Waals surface area (Å²) in [7, 11) is 0. The summed E-state index contributed by atoms with van der Waals surface area (Å²) in [6, 6.07) is 17.6. The van der Waals surface area contributed by atoms with Crippen LogP contribution in [0, 0.1) is 6.92 Å². The number of H-pyrrole nitrogens is 1. The maximum atomic E-state index is 12.6. The van der Waals surface area contributed by atoms with E-state index in [-0.39, 0.29) is 5.91 Å². The number of fused-ring (bicyclic) bond motifs is 3. The third-order valence-corrected chi connectivity index (χ3v) is 5.15. The first-order chi connectivity index (χ1) is 12.0. The zero-order valence-electron chi connectivity index (χ0n) is 13.4. The Morgan fingerprint density at radius 1 is 0.920 bits per heavy atom. The number of halogens is 2. The van der Waals surface area contributed by atoms with Crippen molar-refractivity contribution in [2.24, 2.45) is 0 Å². The molecule has 0 spiro atoms. The van der Waals surface area contributed by atoms with Crippen molar-refractivity contribution >= 4 is 65.3 Å². The van der Waals surface area contributed by atoms with Crippen LogP contribution in [0.4, 0.5) is 5.69 Å². The molecule has 0 aliphatic rings. The Kier molecular flexibility index (Phi) is 4.13. The Morgan fingerprint density at radius 2 is 1.64 bits per heavy atom. The lowest BCUT2D eigenvalue weighted by Gasteiger charge is -2.08. The van der Waals surface area contributed by atoms with Gasteiger partial charge in [-0.05, 0) is 49.4 Å². The van der Waals surface area contributed by atoms with Crippen molar-refractivity contribution in [3.8, 4) is 0 Å². The third-order valence-electron chi connectivity index (χ3n) is 4.20. The molecule has 124 valence electrons. The third kappa shape index (κ3) is 3.10. The number of hydrogen-bond donors (Lipinski definition) is 2. The summed E-state index contributed by atoms with van der Waals surface area (Å²) in [5.74, 6) is -0.126. The maximum Gasteiger partial charge on any atom is 0.255 e. The molecule has 0 saturated carbocycles. The molecule has 4 aromatic rings. The van der Waals surface area contributed by atoms with Gasteiger partial charge in [-0.3, -0.25) is 4.79 Å². The van der Waals surface area contributed by atoms with E-state index >= 15 is 0 Å². The molecule has 0 unspecified atom stereocenters. The van der Waals surface area contributed by atoms with Crippen LogP contribution in [0.2, 0.25) is 0 Å². The Hall–Kier alpha value is -2.11. The monoisotopic (exact) mass is 456 g/mol. The number of nitrogens with one attached hydrogen (secondary N) is 2. The highest BCUT2D eigenvalue weighted by atomic mass is 79.9. The van der Waals surface area contributed by atoms with Gasteiger partial charge in [0.05, 0.1) is 11.2 Å². The smallest absolute Gasteiger partial charge is 0.255 e. The summed E-state index contributed by atoms with van der Waals surface area (Å²) in [5, 5.41) is 5.19. The Balaban J connectivity index is 1.82. The maximum absolute atomic E-state index is 12.6. The molecule has 0 fully saturated rings. The van der Waals surface area contributed by atoms with Crippen molar-refractivity contribution in [3.05, 3.63) is 74.7 Å². The van der Waals surface area contributed by atoms with Crippen LogP contribution in [-0.4, -0.2) is 10.9 Å². The molecule has 0 aliphatic heterocycles. The number of aromatic amines is 1. The highest BCUT2D eigenvalue weighted by molar-refractivity contribution is 9.10. The standard InChI is InChI=1S/C20H14Br2N2O/c1-11-2-4-12(5-3-11)20(25)24-18-10-14(22)9-16-15-8-13(21)6-7-17(15)23-19(16)18/h2-10,23H,1H3,(H,24,25). The molecule has 4 rings (SSSR count). The van der Waals surface area contributed by atoms with Gasteiger partial charge in [0.15, 0.2) is 0 Å². The predicted molar refractivity (Wildman–Crippen MR) is 110 cm³/mol. The largest absolute Gasteiger partial charge is 0.353 e. The molecule has 0 saturated heterocycles. The SMILES string of the molecule is Cc1ccc(C(=O)Nc2cc(Br)cc3c2[nH]c2ccc(Br)cc23)cc1.